The lowest BCUT2D eigenvalue weighted by Gasteiger charge is -2.23. The lowest BCUT2D eigenvalue weighted by molar-refractivity contribution is -0.141. The van der Waals surface area contributed by atoms with Crippen LogP contribution in [-0.4, -0.2) is 47.2 Å². The van der Waals surface area contributed by atoms with Crippen molar-refractivity contribution >= 4 is 29.6 Å². The van der Waals surface area contributed by atoms with Gasteiger partial charge in [-0.05, 0) is 6.26 Å². The van der Waals surface area contributed by atoms with E-state index in [0.29, 0.717) is 16.7 Å². The third-order valence-electron chi connectivity index (χ3n) is 2.81. The Morgan fingerprint density at radius 1 is 1.45 bits per heavy atom. The average molecular weight is 298 g/mol. The predicted octanol–water partition coefficient (Wildman–Crippen LogP) is 0.587. The van der Waals surface area contributed by atoms with Gasteiger partial charge in [0, 0.05) is 6.20 Å². The number of hydrogen-bond acceptors (Lipinski definition) is 8. The summed E-state index contributed by atoms with van der Waals surface area (Å²) in [5.41, 5.74) is 0.294. The van der Waals surface area contributed by atoms with E-state index in [4.69, 9.17) is 4.74 Å². The maximum Gasteiger partial charge on any atom is 0.337 e. The van der Waals surface area contributed by atoms with Crippen LogP contribution in [0, 0.1) is 0 Å². The summed E-state index contributed by atoms with van der Waals surface area (Å²) in [6.45, 7) is 0. The molecule has 1 aliphatic rings. The van der Waals surface area contributed by atoms with Gasteiger partial charge < -0.3 is 14.8 Å². The molecule has 1 unspecified atom stereocenters. The minimum absolute atomic E-state index is 0.0245. The van der Waals surface area contributed by atoms with E-state index in [1.165, 1.54) is 36.9 Å². The number of nitrogens with zero attached hydrogens (tertiary/aromatic N) is 3. The van der Waals surface area contributed by atoms with Crippen molar-refractivity contribution in [3.63, 3.8) is 0 Å². The van der Waals surface area contributed by atoms with E-state index in [9.17, 15) is 9.59 Å². The Kier molecular flexibility index (Phi) is 4.28. The Hall–Kier alpha value is -2.03. The van der Waals surface area contributed by atoms with Crippen LogP contribution in [0.4, 0.5) is 5.95 Å². The van der Waals surface area contributed by atoms with E-state index >= 15 is 0 Å². The number of nitrogens with one attached hydrogen (secondary N) is 1. The number of ether oxygens (including phenoxy) is 2. The Bertz CT molecular complexity index is 569. The molecule has 1 aliphatic heterocycles. The molecule has 0 bridgehead atoms. The third-order valence-corrected chi connectivity index (χ3v) is 3.35. The molecule has 8 nitrogen and oxygen atoms in total. The molecule has 108 valence electrons. The smallest absolute Gasteiger partial charge is 0.337 e. The van der Waals surface area contributed by atoms with Crippen LogP contribution < -0.4 is 5.32 Å². The lowest BCUT2D eigenvalue weighted by Crippen LogP contribution is -2.28. The summed E-state index contributed by atoms with van der Waals surface area (Å²) < 4.78 is 10.9. The Morgan fingerprint density at radius 2 is 2.20 bits per heavy atom. The molecule has 0 fully saturated rings. The van der Waals surface area contributed by atoms with Gasteiger partial charge in [0.2, 0.25) is 11.1 Å². The molecule has 1 atom stereocenters. The number of thioether (sulfide) groups is 1. The van der Waals surface area contributed by atoms with Crippen molar-refractivity contribution in [2.24, 2.45) is 0 Å². The van der Waals surface area contributed by atoms with Gasteiger partial charge in [0.25, 0.3) is 0 Å². The maximum atomic E-state index is 11.8. The molecule has 0 saturated heterocycles. The second-order valence-electron chi connectivity index (χ2n) is 3.90. The Balaban J connectivity index is 2.38. The van der Waals surface area contributed by atoms with Crippen molar-refractivity contribution < 1.29 is 19.1 Å². The van der Waals surface area contributed by atoms with Crippen LogP contribution in [0.5, 0.6) is 0 Å². The molecular formula is C11H14N4O4S. The van der Waals surface area contributed by atoms with Crippen LogP contribution in [0.15, 0.2) is 16.9 Å². The molecule has 9 heteroatoms. The van der Waals surface area contributed by atoms with Crippen molar-refractivity contribution in [1.29, 1.82) is 0 Å². The van der Waals surface area contributed by atoms with Gasteiger partial charge in [-0.25, -0.2) is 9.48 Å². The molecule has 0 aromatic carbocycles. The van der Waals surface area contributed by atoms with E-state index in [2.05, 4.69) is 20.1 Å². The van der Waals surface area contributed by atoms with Gasteiger partial charge in [-0.2, -0.15) is 4.98 Å². The first-order valence-corrected chi connectivity index (χ1v) is 6.95. The zero-order valence-electron chi connectivity index (χ0n) is 11.2. The van der Waals surface area contributed by atoms with Gasteiger partial charge in [-0.15, -0.1) is 5.10 Å². The minimum atomic E-state index is -0.598. The van der Waals surface area contributed by atoms with E-state index in [-0.39, 0.29) is 6.42 Å². The highest BCUT2D eigenvalue weighted by molar-refractivity contribution is 7.98. The highest BCUT2D eigenvalue weighted by Crippen LogP contribution is 2.30. The van der Waals surface area contributed by atoms with Crippen molar-refractivity contribution in [2.45, 2.75) is 17.6 Å². The number of anilines is 1. The summed E-state index contributed by atoms with van der Waals surface area (Å²) in [5, 5.41) is 7.66. The first-order valence-electron chi connectivity index (χ1n) is 5.73. The predicted molar refractivity (Wildman–Crippen MR) is 71.2 cm³/mol. The van der Waals surface area contributed by atoms with Crippen LogP contribution >= 0.6 is 11.8 Å². The van der Waals surface area contributed by atoms with Gasteiger partial charge in [0.15, 0.2) is 0 Å². The monoisotopic (exact) mass is 298 g/mol. The number of rotatable bonds is 4. The van der Waals surface area contributed by atoms with E-state index in [1.807, 2.05) is 6.26 Å². The normalized spacial score (nSPS) is 16.8. The fraction of sp³-hybridized carbons (Fsp3) is 0.455. The molecule has 1 N–H and O–H groups in total. The SMILES string of the molecule is COC(=O)CC1C(C(=O)OC)=CNc2nc(SC)nn21. The molecular weight excluding hydrogens is 284 g/mol. The highest BCUT2D eigenvalue weighted by Gasteiger charge is 2.32. The maximum absolute atomic E-state index is 11.8. The molecule has 2 heterocycles. The van der Waals surface area contributed by atoms with E-state index < -0.39 is 18.0 Å². The zero-order valence-corrected chi connectivity index (χ0v) is 12.1. The number of carbonyl (C=O) groups is 2. The van der Waals surface area contributed by atoms with E-state index in [1.54, 1.807) is 0 Å². The van der Waals surface area contributed by atoms with Crippen LogP contribution in [-0.2, 0) is 19.1 Å². The lowest BCUT2D eigenvalue weighted by atomic mass is 10.0. The molecule has 0 radical (unpaired) electrons. The second kappa shape index (κ2) is 5.95. The number of esters is 2. The van der Waals surface area contributed by atoms with Crippen LogP contribution in [0.25, 0.3) is 0 Å². The molecule has 0 saturated carbocycles. The number of aromatic nitrogens is 3. The Morgan fingerprint density at radius 3 is 2.80 bits per heavy atom. The van der Waals surface area contributed by atoms with Crippen molar-refractivity contribution in [2.75, 3.05) is 25.8 Å². The van der Waals surface area contributed by atoms with Crippen LogP contribution in [0.3, 0.4) is 0 Å². The first kappa shape index (κ1) is 14.4. The van der Waals surface area contributed by atoms with Gasteiger partial charge in [0.1, 0.15) is 0 Å². The fourth-order valence-electron chi connectivity index (χ4n) is 1.83. The number of carbonyl (C=O) groups excluding carboxylic acids is 2. The topological polar surface area (TPSA) is 95.3 Å². The second-order valence-corrected chi connectivity index (χ2v) is 4.67. The molecule has 20 heavy (non-hydrogen) atoms. The molecule has 1 aromatic heterocycles. The summed E-state index contributed by atoms with van der Waals surface area (Å²) in [5.74, 6) is -0.506. The van der Waals surface area contributed by atoms with Crippen LogP contribution in [0.2, 0.25) is 0 Å². The van der Waals surface area contributed by atoms with Crippen molar-refractivity contribution in [3.8, 4) is 0 Å². The highest BCUT2D eigenvalue weighted by atomic mass is 32.2. The summed E-state index contributed by atoms with van der Waals surface area (Å²) in [4.78, 5) is 27.5. The number of methoxy groups -OCH3 is 2. The van der Waals surface area contributed by atoms with Gasteiger partial charge in [0.05, 0.1) is 32.3 Å². The quantitative estimate of drug-likeness (QED) is 0.637. The number of fused-ring (bicyclic) bond motifs is 1. The Labute approximate surface area is 119 Å². The van der Waals surface area contributed by atoms with Gasteiger partial charge in [-0.3, -0.25) is 4.79 Å². The van der Waals surface area contributed by atoms with E-state index in [0.717, 1.165) is 0 Å². The minimum Gasteiger partial charge on any atom is -0.469 e. The summed E-state index contributed by atoms with van der Waals surface area (Å²) in [6, 6.07) is -0.598. The summed E-state index contributed by atoms with van der Waals surface area (Å²) >= 11 is 1.37. The summed E-state index contributed by atoms with van der Waals surface area (Å²) in [6.07, 6.45) is 3.29. The molecule has 2 rings (SSSR count). The number of hydrogen-bond donors (Lipinski definition) is 1. The van der Waals surface area contributed by atoms with Gasteiger partial charge >= 0.3 is 11.9 Å². The first-order chi connectivity index (χ1) is 9.60. The average Bonchev–Trinajstić information content (AvgIpc) is 2.90. The fourth-order valence-corrected chi connectivity index (χ4v) is 2.17. The largest absolute Gasteiger partial charge is 0.469 e. The zero-order chi connectivity index (χ0) is 14.7. The molecule has 0 amide bonds. The third kappa shape index (κ3) is 2.62. The van der Waals surface area contributed by atoms with Crippen molar-refractivity contribution in [3.05, 3.63) is 11.8 Å². The van der Waals surface area contributed by atoms with Gasteiger partial charge in [-0.1, -0.05) is 11.8 Å². The standard InChI is InChI=1S/C11H14N4O4S/c1-18-8(16)4-7-6(9(17)19-2)5-12-10-13-11(20-3)14-15(7)10/h5,7H,4H2,1-3H3,(H,12,13,14). The molecule has 0 aliphatic carbocycles. The van der Waals surface area contributed by atoms with Crippen LogP contribution in [0.1, 0.15) is 12.5 Å². The van der Waals surface area contributed by atoms with Crippen molar-refractivity contribution in [1.82, 2.24) is 14.8 Å². The molecule has 1 aromatic rings. The molecule has 0 spiro atoms. The summed E-state index contributed by atoms with van der Waals surface area (Å²) in [7, 11) is 2.57.